The van der Waals surface area contributed by atoms with Gasteiger partial charge in [-0.2, -0.15) is 0 Å². The number of thiophene rings is 1. The Bertz CT molecular complexity index is 2790. The lowest BCUT2D eigenvalue weighted by atomic mass is 9.81. The Balaban J connectivity index is 1.14. The molecule has 0 saturated heterocycles. The molecule has 0 saturated carbocycles. The summed E-state index contributed by atoms with van der Waals surface area (Å²) in [5, 5.41) is 4.98. The van der Waals surface area contributed by atoms with Gasteiger partial charge in [0.1, 0.15) is 0 Å². The van der Waals surface area contributed by atoms with E-state index in [1.165, 1.54) is 64.3 Å². The highest BCUT2D eigenvalue weighted by Crippen LogP contribution is 2.50. The third-order valence-corrected chi connectivity index (χ3v) is 11.7. The number of rotatable bonds is 4. The van der Waals surface area contributed by atoms with Crippen molar-refractivity contribution in [3.05, 3.63) is 169 Å². The minimum atomic E-state index is -0.0538. The molecule has 50 heavy (non-hydrogen) atoms. The van der Waals surface area contributed by atoms with E-state index < -0.39 is 0 Å². The topological polar surface area (TPSA) is 25.8 Å². The highest BCUT2D eigenvalue weighted by molar-refractivity contribution is 7.25. The lowest BCUT2D eigenvalue weighted by Gasteiger charge is -2.22. The van der Waals surface area contributed by atoms with Gasteiger partial charge in [0.15, 0.2) is 5.82 Å². The summed E-state index contributed by atoms with van der Waals surface area (Å²) < 4.78 is 2.57. The van der Waals surface area contributed by atoms with Crippen LogP contribution in [-0.4, -0.2) is 9.97 Å². The van der Waals surface area contributed by atoms with Gasteiger partial charge in [0.25, 0.3) is 0 Å². The fourth-order valence-corrected chi connectivity index (χ4v) is 9.13. The maximum atomic E-state index is 5.23. The molecule has 1 aliphatic rings. The van der Waals surface area contributed by atoms with Gasteiger partial charge in [0.2, 0.25) is 0 Å². The van der Waals surface area contributed by atoms with Gasteiger partial charge >= 0.3 is 0 Å². The van der Waals surface area contributed by atoms with Crippen LogP contribution < -0.4 is 0 Å². The van der Waals surface area contributed by atoms with Gasteiger partial charge in [-0.05, 0) is 68.4 Å². The lowest BCUT2D eigenvalue weighted by Crippen LogP contribution is -2.14. The summed E-state index contributed by atoms with van der Waals surface area (Å²) in [5.41, 5.74) is 12.9. The van der Waals surface area contributed by atoms with Crippen molar-refractivity contribution in [1.29, 1.82) is 0 Å². The molecule has 0 bridgehead atoms. The van der Waals surface area contributed by atoms with Crippen molar-refractivity contribution in [2.24, 2.45) is 0 Å². The molecule has 2 aromatic heterocycles. The smallest absolute Gasteiger partial charge is 0.160 e. The number of hydrogen-bond donors (Lipinski definition) is 0. The predicted octanol–water partition coefficient (Wildman–Crippen LogP) is 13.0. The summed E-state index contributed by atoms with van der Waals surface area (Å²) in [4.78, 5) is 10.4. The zero-order chi connectivity index (χ0) is 33.4. The molecular weight excluding hydrogens is 625 g/mol. The van der Waals surface area contributed by atoms with Gasteiger partial charge in [0.05, 0.1) is 11.4 Å². The first-order chi connectivity index (χ1) is 24.5. The molecular formula is C47H32N2S. The molecule has 0 amide bonds. The summed E-state index contributed by atoms with van der Waals surface area (Å²) in [6, 6.07) is 57.0. The van der Waals surface area contributed by atoms with Crippen LogP contribution in [0.5, 0.6) is 0 Å². The molecule has 0 aliphatic heterocycles. The van der Waals surface area contributed by atoms with E-state index in [0.29, 0.717) is 0 Å². The second kappa shape index (κ2) is 11.1. The van der Waals surface area contributed by atoms with Crippen LogP contribution in [0.1, 0.15) is 25.0 Å². The molecule has 0 radical (unpaired) electrons. The number of nitrogens with zero attached hydrogens (tertiary/aromatic N) is 2. The summed E-state index contributed by atoms with van der Waals surface area (Å²) in [7, 11) is 0. The molecule has 0 fully saturated rings. The first-order valence-electron chi connectivity index (χ1n) is 17.2. The fourth-order valence-electron chi connectivity index (χ4n) is 7.98. The molecule has 7 aromatic carbocycles. The Kier molecular flexibility index (Phi) is 6.43. The lowest BCUT2D eigenvalue weighted by molar-refractivity contribution is 0.660. The van der Waals surface area contributed by atoms with Crippen molar-refractivity contribution >= 4 is 42.3 Å². The van der Waals surface area contributed by atoms with E-state index in [9.17, 15) is 0 Å². The zero-order valence-corrected chi connectivity index (χ0v) is 28.6. The van der Waals surface area contributed by atoms with Crippen LogP contribution in [0.25, 0.3) is 87.1 Å². The second-order valence-electron chi connectivity index (χ2n) is 13.8. The van der Waals surface area contributed by atoms with E-state index in [0.717, 1.165) is 33.9 Å². The molecule has 9 aromatic rings. The molecule has 236 valence electrons. The standard InChI is InChI=1S/C47H32N2S/c1-47(2)40-18-10-8-16-35(40)36-22-20-30(26-41(36)47)32-24-25-37(34-15-7-6-14-33(32)34)43-28-42(48-46(49-43)29-12-4-3-5-13-29)31-21-23-39-38-17-9-11-19-44(38)50-45(39)27-31/h3-28H,1-2H3. The molecule has 1 aliphatic carbocycles. The predicted molar refractivity (Wildman–Crippen MR) is 212 cm³/mol. The maximum Gasteiger partial charge on any atom is 0.160 e. The van der Waals surface area contributed by atoms with Crippen molar-refractivity contribution in [2.75, 3.05) is 0 Å². The largest absolute Gasteiger partial charge is 0.228 e. The number of hydrogen-bond acceptors (Lipinski definition) is 3. The van der Waals surface area contributed by atoms with E-state index >= 15 is 0 Å². The van der Waals surface area contributed by atoms with E-state index in [1.54, 1.807) is 0 Å². The maximum absolute atomic E-state index is 5.23. The van der Waals surface area contributed by atoms with Crippen molar-refractivity contribution in [3.8, 4) is 56.2 Å². The van der Waals surface area contributed by atoms with Crippen molar-refractivity contribution in [2.45, 2.75) is 19.3 Å². The van der Waals surface area contributed by atoms with E-state index in [2.05, 4.69) is 166 Å². The summed E-state index contributed by atoms with van der Waals surface area (Å²) in [6.45, 7) is 4.69. The number of aromatic nitrogens is 2. The Morgan fingerprint density at radius 2 is 1.02 bits per heavy atom. The molecule has 10 rings (SSSR count). The Morgan fingerprint density at radius 3 is 1.88 bits per heavy atom. The molecule has 2 heterocycles. The highest BCUT2D eigenvalue weighted by Gasteiger charge is 2.35. The Morgan fingerprint density at radius 1 is 0.400 bits per heavy atom. The van der Waals surface area contributed by atoms with Crippen LogP contribution in [0.2, 0.25) is 0 Å². The quantitative estimate of drug-likeness (QED) is 0.188. The summed E-state index contributed by atoms with van der Waals surface area (Å²) in [6.07, 6.45) is 0. The van der Waals surface area contributed by atoms with E-state index in [4.69, 9.17) is 9.97 Å². The third kappa shape index (κ3) is 4.47. The van der Waals surface area contributed by atoms with Crippen molar-refractivity contribution in [3.63, 3.8) is 0 Å². The van der Waals surface area contributed by atoms with E-state index in [1.807, 2.05) is 17.4 Å². The van der Waals surface area contributed by atoms with E-state index in [-0.39, 0.29) is 5.41 Å². The first kappa shape index (κ1) is 29.1. The van der Waals surface area contributed by atoms with Crippen molar-refractivity contribution in [1.82, 2.24) is 9.97 Å². The monoisotopic (exact) mass is 656 g/mol. The SMILES string of the molecule is CC1(C)c2ccccc2-c2ccc(-c3ccc(-c4cc(-c5ccc6c(c5)sc5ccccc56)nc(-c5ccccc5)n4)c4ccccc34)cc21. The molecule has 2 nitrogen and oxygen atoms in total. The molecule has 0 N–H and O–H groups in total. The van der Waals surface area contributed by atoms with Crippen molar-refractivity contribution < 1.29 is 0 Å². The van der Waals surface area contributed by atoms with Gasteiger partial charge in [0, 0.05) is 42.3 Å². The third-order valence-electron chi connectivity index (χ3n) is 10.5. The molecule has 3 heteroatoms. The van der Waals surface area contributed by atoms with Crippen LogP contribution >= 0.6 is 11.3 Å². The molecule has 0 unspecified atom stereocenters. The number of benzene rings is 7. The van der Waals surface area contributed by atoms with Crippen LogP contribution in [-0.2, 0) is 5.41 Å². The first-order valence-corrected chi connectivity index (χ1v) is 18.0. The summed E-state index contributed by atoms with van der Waals surface area (Å²) >= 11 is 1.83. The highest BCUT2D eigenvalue weighted by atomic mass is 32.1. The average molecular weight is 657 g/mol. The normalized spacial score (nSPS) is 13.2. The molecule has 0 spiro atoms. The average Bonchev–Trinajstić information content (AvgIpc) is 3.66. The minimum Gasteiger partial charge on any atom is -0.228 e. The van der Waals surface area contributed by atoms with Crippen LogP contribution in [0, 0.1) is 0 Å². The number of fused-ring (bicyclic) bond motifs is 7. The van der Waals surface area contributed by atoms with Crippen LogP contribution in [0.15, 0.2) is 158 Å². The Hall–Kier alpha value is -5.90. The zero-order valence-electron chi connectivity index (χ0n) is 27.8. The van der Waals surface area contributed by atoms with Gasteiger partial charge in [-0.3, -0.25) is 0 Å². The van der Waals surface area contributed by atoms with Gasteiger partial charge in [-0.25, -0.2) is 9.97 Å². The van der Waals surface area contributed by atoms with Gasteiger partial charge in [-0.1, -0.05) is 147 Å². The summed E-state index contributed by atoms with van der Waals surface area (Å²) in [5.74, 6) is 0.725. The van der Waals surface area contributed by atoms with Crippen LogP contribution in [0.3, 0.4) is 0 Å². The minimum absolute atomic E-state index is 0.0538. The molecule has 0 atom stereocenters. The van der Waals surface area contributed by atoms with Gasteiger partial charge in [-0.15, -0.1) is 11.3 Å². The Labute approximate surface area is 295 Å². The van der Waals surface area contributed by atoms with Gasteiger partial charge < -0.3 is 0 Å². The fraction of sp³-hybridized carbons (Fsp3) is 0.0638. The van der Waals surface area contributed by atoms with Crippen LogP contribution in [0.4, 0.5) is 0 Å². The second-order valence-corrected chi connectivity index (χ2v) is 14.9.